The third kappa shape index (κ3) is 3.28. The third-order valence-corrected chi connectivity index (χ3v) is 3.44. The minimum absolute atomic E-state index is 0.0845. The van der Waals surface area contributed by atoms with Crippen LogP contribution in [0, 0.1) is 26.6 Å². The Morgan fingerprint density at radius 2 is 1.81 bits per heavy atom. The van der Waals surface area contributed by atoms with E-state index in [1.165, 1.54) is 0 Å². The number of benzene rings is 1. The standard InChI is InChI=1S/C15H20FN5/c1-8-5-6-12(7-13(8)16)10(3)18-14-9(2)15(21-17)20-11(4)19-14/h5-7,10H,17H2,1-4H3,(H2,18,19,20,21). The molecule has 112 valence electrons. The Kier molecular flexibility index (Phi) is 4.37. The molecule has 1 heterocycles. The van der Waals surface area contributed by atoms with Gasteiger partial charge in [0, 0.05) is 5.56 Å². The maximum atomic E-state index is 13.7. The predicted octanol–water partition coefficient (Wildman–Crippen LogP) is 3.00. The molecule has 0 amide bonds. The fourth-order valence-corrected chi connectivity index (χ4v) is 2.08. The van der Waals surface area contributed by atoms with E-state index in [0.29, 0.717) is 23.0 Å². The van der Waals surface area contributed by atoms with Crippen LogP contribution in [0.1, 0.15) is 35.5 Å². The summed E-state index contributed by atoms with van der Waals surface area (Å²) < 4.78 is 13.7. The molecule has 0 fully saturated rings. The molecule has 0 spiro atoms. The fraction of sp³-hybridized carbons (Fsp3) is 0.333. The van der Waals surface area contributed by atoms with Crippen molar-refractivity contribution in [1.82, 2.24) is 9.97 Å². The van der Waals surface area contributed by atoms with E-state index in [4.69, 9.17) is 5.84 Å². The maximum Gasteiger partial charge on any atom is 0.148 e. The maximum absolute atomic E-state index is 13.7. The van der Waals surface area contributed by atoms with Crippen LogP contribution in [-0.2, 0) is 0 Å². The van der Waals surface area contributed by atoms with Crippen LogP contribution in [0.5, 0.6) is 0 Å². The van der Waals surface area contributed by atoms with Crippen LogP contribution in [0.2, 0.25) is 0 Å². The lowest BCUT2D eigenvalue weighted by molar-refractivity contribution is 0.614. The van der Waals surface area contributed by atoms with Gasteiger partial charge in [-0.15, -0.1) is 0 Å². The minimum atomic E-state index is -0.207. The summed E-state index contributed by atoms with van der Waals surface area (Å²) in [4.78, 5) is 8.59. The Labute approximate surface area is 123 Å². The Bertz CT molecular complexity index is 657. The molecule has 0 aliphatic heterocycles. The molecule has 5 nitrogen and oxygen atoms in total. The molecule has 1 atom stereocenters. The van der Waals surface area contributed by atoms with Gasteiger partial charge in [-0.2, -0.15) is 0 Å². The topological polar surface area (TPSA) is 75.9 Å². The number of hydrogen-bond donors (Lipinski definition) is 3. The van der Waals surface area contributed by atoms with Crippen molar-refractivity contribution >= 4 is 11.6 Å². The Hall–Kier alpha value is -2.21. The average Bonchev–Trinajstić information content (AvgIpc) is 2.45. The van der Waals surface area contributed by atoms with Crippen molar-refractivity contribution < 1.29 is 4.39 Å². The molecule has 2 aromatic rings. The van der Waals surface area contributed by atoms with Crippen molar-refractivity contribution in [2.45, 2.75) is 33.7 Å². The highest BCUT2D eigenvalue weighted by atomic mass is 19.1. The van der Waals surface area contributed by atoms with E-state index in [-0.39, 0.29) is 11.9 Å². The van der Waals surface area contributed by atoms with Crippen LogP contribution in [0.25, 0.3) is 0 Å². The zero-order valence-electron chi connectivity index (χ0n) is 12.7. The number of nitrogens with zero attached hydrogens (tertiary/aromatic N) is 2. The summed E-state index contributed by atoms with van der Waals surface area (Å²) in [7, 11) is 0. The molecule has 0 saturated carbocycles. The van der Waals surface area contributed by atoms with Gasteiger partial charge in [-0.05, 0) is 44.9 Å². The van der Waals surface area contributed by atoms with Crippen molar-refractivity contribution in [2.24, 2.45) is 5.84 Å². The van der Waals surface area contributed by atoms with Crippen LogP contribution in [0.15, 0.2) is 18.2 Å². The first-order valence-electron chi connectivity index (χ1n) is 6.76. The predicted molar refractivity (Wildman–Crippen MR) is 82.5 cm³/mol. The number of nitrogens with one attached hydrogen (secondary N) is 2. The van der Waals surface area contributed by atoms with E-state index < -0.39 is 0 Å². The SMILES string of the molecule is Cc1nc(NN)c(C)c(NC(C)c2ccc(C)c(F)c2)n1. The number of anilines is 2. The molecular weight excluding hydrogens is 269 g/mol. The highest BCUT2D eigenvalue weighted by Crippen LogP contribution is 2.24. The molecule has 6 heteroatoms. The van der Waals surface area contributed by atoms with Crippen molar-refractivity contribution in [3.05, 3.63) is 46.5 Å². The number of aromatic nitrogens is 2. The molecule has 1 aromatic heterocycles. The van der Waals surface area contributed by atoms with Crippen LogP contribution < -0.4 is 16.6 Å². The molecule has 4 N–H and O–H groups in total. The summed E-state index contributed by atoms with van der Waals surface area (Å²) in [6, 6.07) is 5.13. The second-order valence-corrected chi connectivity index (χ2v) is 5.11. The van der Waals surface area contributed by atoms with Gasteiger partial charge >= 0.3 is 0 Å². The first kappa shape index (κ1) is 15.2. The number of rotatable bonds is 4. The molecule has 0 aliphatic carbocycles. The molecule has 0 saturated heterocycles. The van der Waals surface area contributed by atoms with Crippen LogP contribution in [-0.4, -0.2) is 9.97 Å². The summed E-state index contributed by atoms with van der Waals surface area (Å²) in [6.45, 7) is 7.37. The van der Waals surface area contributed by atoms with E-state index in [0.717, 1.165) is 11.1 Å². The zero-order chi connectivity index (χ0) is 15.6. The molecule has 2 rings (SSSR count). The Morgan fingerprint density at radius 3 is 2.43 bits per heavy atom. The molecule has 0 radical (unpaired) electrons. The number of nitrogens with two attached hydrogens (primary N) is 1. The lowest BCUT2D eigenvalue weighted by atomic mass is 10.1. The van der Waals surface area contributed by atoms with Gasteiger partial charge in [0.15, 0.2) is 0 Å². The van der Waals surface area contributed by atoms with E-state index in [1.807, 2.05) is 19.9 Å². The van der Waals surface area contributed by atoms with E-state index in [1.54, 1.807) is 26.0 Å². The molecule has 0 bridgehead atoms. The van der Waals surface area contributed by atoms with Gasteiger partial charge in [0.1, 0.15) is 23.3 Å². The lowest BCUT2D eigenvalue weighted by Gasteiger charge is -2.18. The normalized spacial score (nSPS) is 12.1. The van der Waals surface area contributed by atoms with Crippen LogP contribution in [0.4, 0.5) is 16.0 Å². The Morgan fingerprint density at radius 1 is 1.14 bits per heavy atom. The number of hydrogen-bond acceptors (Lipinski definition) is 5. The largest absolute Gasteiger partial charge is 0.363 e. The minimum Gasteiger partial charge on any atom is -0.363 e. The van der Waals surface area contributed by atoms with Gasteiger partial charge in [0.25, 0.3) is 0 Å². The molecule has 1 unspecified atom stereocenters. The molecule has 1 aromatic carbocycles. The highest BCUT2D eigenvalue weighted by Gasteiger charge is 2.13. The first-order chi connectivity index (χ1) is 9.92. The lowest BCUT2D eigenvalue weighted by Crippen LogP contribution is -2.15. The second kappa shape index (κ2) is 6.05. The summed E-state index contributed by atoms with van der Waals surface area (Å²) in [5.41, 5.74) is 4.87. The summed E-state index contributed by atoms with van der Waals surface area (Å²) in [5, 5.41) is 3.28. The zero-order valence-corrected chi connectivity index (χ0v) is 12.7. The smallest absolute Gasteiger partial charge is 0.148 e. The van der Waals surface area contributed by atoms with Crippen LogP contribution in [0.3, 0.4) is 0 Å². The number of hydrazine groups is 1. The van der Waals surface area contributed by atoms with E-state index in [9.17, 15) is 4.39 Å². The quantitative estimate of drug-likeness (QED) is 0.596. The summed E-state index contributed by atoms with van der Waals surface area (Å²) >= 11 is 0. The molecule has 21 heavy (non-hydrogen) atoms. The average molecular weight is 289 g/mol. The van der Waals surface area contributed by atoms with E-state index in [2.05, 4.69) is 20.7 Å². The summed E-state index contributed by atoms with van der Waals surface area (Å²) in [5.74, 6) is 7.11. The highest BCUT2D eigenvalue weighted by molar-refractivity contribution is 5.57. The second-order valence-electron chi connectivity index (χ2n) is 5.11. The van der Waals surface area contributed by atoms with Crippen molar-refractivity contribution in [3.8, 4) is 0 Å². The molecular formula is C15H20FN5. The third-order valence-electron chi connectivity index (χ3n) is 3.44. The van der Waals surface area contributed by atoms with Gasteiger partial charge in [0.2, 0.25) is 0 Å². The van der Waals surface area contributed by atoms with E-state index >= 15 is 0 Å². The van der Waals surface area contributed by atoms with Crippen molar-refractivity contribution in [3.63, 3.8) is 0 Å². The number of nitrogen functional groups attached to an aromatic ring is 1. The van der Waals surface area contributed by atoms with Crippen LogP contribution >= 0.6 is 0 Å². The van der Waals surface area contributed by atoms with Gasteiger partial charge in [-0.1, -0.05) is 12.1 Å². The number of halogens is 1. The molecule has 0 aliphatic rings. The van der Waals surface area contributed by atoms with Crippen molar-refractivity contribution in [2.75, 3.05) is 10.7 Å². The van der Waals surface area contributed by atoms with Gasteiger partial charge in [-0.3, -0.25) is 0 Å². The Balaban J connectivity index is 2.28. The fourth-order valence-electron chi connectivity index (χ4n) is 2.08. The monoisotopic (exact) mass is 289 g/mol. The first-order valence-corrected chi connectivity index (χ1v) is 6.76. The van der Waals surface area contributed by atoms with Gasteiger partial charge in [0.05, 0.1) is 6.04 Å². The van der Waals surface area contributed by atoms with Gasteiger partial charge in [-0.25, -0.2) is 20.2 Å². The van der Waals surface area contributed by atoms with Crippen molar-refractivity contribution in [1.29, 1.82) is 0 Å². The number of aryl methyl sites for hydroxylation is 2. The van der Waals surface area contributed by atoms with Gasteiger partial charge < -0.3 is 10.7 Å². The summed E-state index contributed by atoms with van der Waals surface area (Å²) in [6.07, 6.45) is 0.